The molecule has 0 radical (unpaired) electrons. The van der Waals surface area contributed by atoms with E-state index >= 15 is 0 Å². The summed E-state index contributed by atoms with van der Waals surface area (Å²) in [6.45, 7) is 2.25. The van der Waals surface area contributed by atoms with Crippen molar-refractivity contribution in [2.45, 2.75) is 37.4 Å². The molecule has 0 unspecified atom stereocenters. The molecule has 7 heteroatoms. The minimum atomic E-state index is 0.221. The van der Waals surface area contributed by atoms with E-state index in [1.165, 1.54) is 11.1 Å². The maximum Gasteiger partial charge on any atom is 0.222 e. The molecule has 0 saturated carbocycles. The largest absolute Gasteiger partial charge is 0.337 e. The quantitative estimate of drug-likeness (QED) is 0.155. The number of unbranched alkanes of at least 4 members (excludes halogenated alkanes) is 1. The Morgan fingerprint density at radius 1 is 0.789 bits per heavy atom. The van der Waals surface area contributed by atoms with Crippen LogP contribution >= 0.6 is 11.8 Å². The van der Waals surface area contributed by atoms with Crippen LogP contribution in [0.25, 0.3) is 5.69 Å². The van der Waals surface area contributed by atoms with Gasteiger partial charge >= 0.3 is 0 Å². The fourth-order valence-electron chi connectivity index (χ4n) is 4.24. The first-order chi connectivity index (χ1) is 18.6. The molecule has 0 aliphatic rings. The molecular formula is C31H37N5OS. The van der Waals surface area contributed by atoms with Crippen molar-refractivity contribution in [3.05, 3.63) is 108 Å². The minimum absolute atomic E-state index is 0.221. The average Bonchev–Trinajstić information content (AvgIpc) is 3.34. The van der Waals surface area contributed by atoms with E-state index in [0.29, 0.717) is 13.0 Å². The summed E-state index contributed by atoms with van der Waals surface area (Å²) in [6, 6.07) is 30.9. The SMILES string of the molecule is CN(C)CCN(Cc1ccccc1)C(=O)CCCCSc1nnc(Cc2ccccc2)n1-c1ccccc1. The lowest BCUT2D eigenvalue weighted by atomic mass is 10.1. The summed E-state index contributed by atoms with van der Waals surface area (Å²) in [5, 5.41) is 9.97. The number of para-hydroxylation sites is 1. The number of thioether (sulfide) groups is 1. The Bertz CT molecular complexity index is 1250. The second-order valence-electron chi connectivity index (χ2n) is 9.64. The normalized spacial score (nSPS) is 11.1. The Morgan fingerprint density at radius 2 is 1.42 bits per heavy atom. The first-order valence-electron chi connectivity index (χ1n) is 13.2. The Labute approximate surface area is 230 Å². The second-order valence-corrected chi connectivity index (χ2v) is 10.7. The van der Waals surface area contributed by atoms with Gasteiger partial charge in [-0.2, -0.15) is 0 Å². The van der Waals surface area contributed by atoms with Gasteiger partial charge in [-0.15, -0.1) is 10.2 Å². The lowest BCUT2D eigenvalue weighted by Crippen LogP contribution is -2.36. The van der Waals surface area contributed by atoms with Crippen LogP contribution < -0.4 is 0 Å². The molecule has 0 atom stereocenters. The molecule has 0 bridgehead atoms. The number of aromatic nitrogens is 3. The first-order valence-corrected chi connectivity index (χ1v) is 14.2. The zero-order valence-electron chi connectivity index (χ0n) is 22.4. The van der Waals surface area contributed by atoms with E-state index in [-0.39, 0.29) is 5.91 Å². The predicted octanol–water partition coefficient (Wildman–Crippen LogP) is 5.71. The van der Waals surface area contributed by atoms with Crippen LogP contribution in [-0.2, 0) is 17.8 Å². The van der Waals surface area contributed by atoms with Crippen molar-refractivity contribution in [1.29, 1.82) is 0 Å². The number of benzene rings is 3. The average molecular weight is 528 g/mol. The van der Waals surface area contributed by atoms with E-state index in [9.17, 15) is 4.79 Å². The molecule has 0 spiro atoms. The summed E-state index contributed by atoms with van der Waals surface area (Å²) in [5.74, 6) is 2.04. The van der Waals surface area contributed by atoms with Crippen LogP contribution in [0.2, 0.25) is 0 Å². The monoisotopic (exact) mass is 527 g/mol. The standard InChI is InChI=1S/C31H37N5OS/c1-34(2)21-22-35(25-27-16-8-4-9-17-27)30(37)20-12-13-23-38-31-33-32-29(24-26-14-6-3-7-15-26)36(31)28-18-10-5-11-19-28/h3-11,14-19H,12-13,20-25H2,1-2H3. The highest BCUT2D eigenvalue weighted by Crippen LogP contribution is 2.24. The molecule has 0 aliphatic heterocycles. The highest BCUT2D eigenvalue weighted by Gasteiger charge is 2.16. The van der Waals surface area contributed by atoms with Crippen LogP contribution in [-0.4, -0.2) is 63.4 Å². The second kappa shape index (κ2) is 14.5. The summed E-state index contributed by atoms with van der Waals surface area (Å²) in [5.41, 5.74) is 3.45. The van der Waals surface area contributed by atoms with Crippen molar-refractivity contribution in [3.8, 4) is 5.69 Å². The third-order valence-electron chi connectivity index (χ3n) is 6.32. The van der Waals surface area contributed by atoms with Gasteiger partial charge in [0.05, 0.1) is 0 Å². The van der Waals surface area contributed by atoms with Crippen molar-refractivity contribution in [2.24, 2.45) is 0 Å². The predicted molar refractivity (Wildman–Crippen MR) is 156 cm³/mol. The maximum atomic E-state index is 13.1. The van der Waals surface area contributed by atoms with Crippen molar-refractivity contribution in [2.75, 3.05) is 32.9 Å². The fourth-order valence-corrected chi connectivity index (χ4v) is 5.21. The summed E-state index contributed by atoms with van der Waals surface area (Å²) in [6.07, 6.45) is 3.09. The topological polar surface area (TPSA) is 54.3 Å². The summed E-state index contributed by atoms with van der Waals surface area (Å²) < 4.78 is 2.16. The van der Waals surface area contributed by atoms with E-state index in [0.717, 1.165) is 54.8 Å². The van der Waals surface area contributed by atoms with Crippen LogP contribution in [0.4, 0.5) is 0 Å². The smallest absolute Gasteiger partial charge is 0.222 e. The van der Waals surface area contributed by atoms with Crippen molar-refractivity contribution in [1.82, 2.24) is 24.6 Å². The van der Waals surface area contributed by atoms with Gasteiger partial charge in [-0.3, -0.25) is 9.36 Å². The molecule has 1 aromatic heterocycles. The fraction of sp³-hybridized carbons (Fsp3) is 0.323. The Hall–Kier alpha value is -3.42. The number of rotatable bonds is 14. The lowest BCUT2D eigenvalue weighted by molar-refractivity contribution is -0.132. The van der Waals surface area contributed by atoms with Gasteiger partial charge in [-0.25, -0.2) is 0 Å². The summed E-state index contributed by atoms with van der Waals surface area (Å²) in [7, 11) is 4.09. The van der Waals surface area contributed by atoms with Crippen LogP contribution in [0.5, 0.6) is 0 Å². The molecule has 3 aromatic carbocycles. The molecule has 0 saturated heterocycles. The third kappa shape index (κ3) is 8.30. The summed E-state index contributed by atoms with van der Waals surface area (Å²) in [4.78, 5) is 17.2. The van der Waals surface area contributed by atoms with Crippen LogP contribution in [0.1, 0.15) is 36.2 Å². The molecule has 4 aromatic rings. The molecular weight excluding hydrogens is 490 g/mol. The highest BCUT2D eigenvalue weighted by atomic mass is 32.2. The number of carbonyl (C=O) groups is 1. The minimum Gasteiger partial charge on any atom is -0.337 e. The van der Waals surface area contributed by atoms with Crippen molar-refractivity contribution in [3.63, 3.8) is 0 Å². The zero-order valence-corrected chi connectivity index (χ0v) is 23.2. The molecule has 0 fully saturated rings. The van der Waals surface area contributed by atoms with E-state index in [4.69, 9.17) is 0 Å². The zero-order chi connectivity index (χ0) is 26.6. The molecule has 38 heavy (non-hydrogen) atoms. The van der Waals surface area contributed by atoms with Gasteiger partial charge in [-0.05, 0) is 50.2 Å². The number of hydrogen-bond acceptors (Lipinski definition) is 5. The van der Waals surface area contributed by atoms with E-state index < -0.39 is 0 Å². The molecule has 1 amide bonds. The molecule has 0 aliphatic carbocycles. The Kier molecular flexibility index (Phi) is 10.5. The molecule has 198 valence electrons. The number of hydrogen-bond donors (Lipinski definition) is 0. The Balaban J connectivity index is 1.33. The third-order valence-corrected chi connectivity index (χ3v) is 7.34. The lowest BCUT2D eigenvalue weighted by Gasteiger charge is -2.24. The number of amides is 1. The number of likely N-dealkylation sites (N-methyl/N-ethyl adjacent to an activating group) is 1. The Morgan fingerprint density at radius 3 is 2.08 bits per heavy atom. The molecule has 1 heterocycles. The van der Waals surface area contributed by atoms with E-state index in [1.54, 1.807) is 11.8 Å². The van der Waals surface area contributed by atoms with Crippen molar-refractivity contribution >= 4 is 17.7 Å². The number of carbonyl (C=O) groups excluding carboxylic acids is 1. The van der Waals surface area contributed by atoms with Gasteiger partial charge in [0.2, 0.25) is 5.91 Å². The van der Waals surface area contributed by atoms with E-state index in [1.807, 2.05) is 61.5 Å². The highest BCUT2D eigenvalue weighted by molar-refractivity contribution is 7.99. The van der Waals surface area contributed by atoms with Crippen molar-refractivity contribution < 1.29 is 4.79 Å². The molecule has 4 rings (SSSR count). The first kappa shape index (κ1) is 27.6. The number of nitrogens with zero attached hydrogens (tertiary/aromatic N) is 5. The van der Waals surface area contributed by atoms with Gasteiger partial charge in [0.1, 0.15) is 5.82 Å². The van der Waals surface area contributed by atoms with Crippen LogP contribution in [0.3, 0.4) is 0 Å². The van der Waals surface area contributed by atoms with Gasteiger partial charge in [0, 0.05) is 43.9 Å². The van der Waals surface area contributed by atoms with Crippen LogP contribution in [0, 0.1) is 0 Å². The molecule has 6 nitrogen and oxygen atoms in total. The van der Waals surface area contributed by atoms with E-state index in [2.05, 4.69) is 68.2 Å². The summed E-state index contributed by atoms with van der Waals surface area (Å²) >= 11 is 1.71. The van der Waals surface area contributed by atoms with Gasteiger partial charge < -0.3 is 9.80 Å². The molecule has 0 N–H and O–H groups in total. The van der Waals surface area contributed by atoms with Gasteiger partial charge in [0.25, 0.3) is 0 Å². The maximum absolute atomic E-state index is 13.1. The van der Waals surface area contributed by atoms with Gasteiger partial charge in [0.15, 0.2) is 5.16 Å². The van der Waals surface area contributed by atoms with Crippen LogP contribution in [0.15, 0.2) is 96.2 Å². The van der Waals surface area contributed by atoms with Gasteiger partial charge in [-0.1, -0.05) is 90.6 Å².